The molecule has 0 N–H and O–H groups in total. The van der Waals surface area contributed by atoms with E-state index in [1.165, 1.54) is 0 Å². The van der Waals surface area contributed by atoms with Crippen molar-refractivity contribution in [2.75, 3.05) is 19.5 Å². The first-order valence-electron chi connectivity index (χ1n) is 5.95. The van der Waals surface area contributed by atoms with Gasteiger partial charge in [-0.2, -0.15) is 12.6 Å². The topological polar surface area (TPSA) is 18.5 Å². The first kappa shape index (κ1) is 15.7. The monoisotopic (exact) mass is 332 g/mol. The van der Waals surface area contributed by atoms with E-state index in [1.54, 1.807) is 7.11 Å². The van der Waals surface area contributed by atoms with Crippen molar-refractivity contribution in [2.24, 2.45) is 11.3 Å². The van der Waals surface area contributed by atoms with Crippen molar-refractivity contribution in [3.63, 3.8) is 0 Å². The van der Waals surface area contributed by atoms with E-state index in [1.807, 2.05) is 18.2 Å². The molecule has 2 nitrogen and oxygen atoms in total. The van der Waals surface area contributed by atoms with Gasteiger partial charge in [0.05, 0.1) is 18.2 Å². The van der Waals surface area contributed by atoms with E-state index in [-0.39, 0.29) is 5.41 Å². The van der Waals surface area contributed by atoms with Gasteiger partial charge < -0.3 is 9.47 Å². The lowest BCUT2D eigenvalue weighted by molar-refractivity contribution is 0.164. The molecule has 0 heterocycles. The van der Waals surface area contributed by atoms with Gasteiger partial charge in [-0.15, -0.1) is 0 Å². The van der Waals surface area contributed by atoms with E-state index in [2.05, 4.69) is 49.3 Å². The molecular weight excluding hydrogens is 312 g/mol. The van der Waals surface area contributed by atoms with Crippen LogP contribution in [0.1, 0.15) is 20.8 Å². The highest BCUT2D eigenvalue weighted by atomic mass is 79.9. The Morgan fingerprint density at radius 1 is 1.33 bits per heavy atom. The zero-order valence-corrected chi connectivity index (χ0v) is 13.8. The molecule has 0 aliphatic carbocycles. The average Bonchev–Trinajstić information content (AvgIpc) is 2.29. The van der Waals surface area contributed by atoms with E-state index in [0.717, 1.165) is 21.7 Å². The average molecular weight is 333 g/mol. The van der Waals surface area contributed by atoms with Crippen molar-refractivity contribution in [3.8, 4) is 11.5 Å². The van der Waals surface area contributed by atoms with Gasteiger partial charge >= 0.3 is 0 Å². The second-order valence-electron chi connectivity index (χ2n) is 5.35. The van der Waals surface area contributed by atoms with Crippen LogP contribution < -0.4 is 9.47 Å². The van der Waals surface area contributed by atoms with Crippen LogP contribution in [0.15, 0.2) is 22.7 Å². The minimum Gasteiger partial charge on any atom is -0.497 e. The smallest absolute Gasteiger partial charge is 0.133 e. The Morgan fingerprint density at radius 2 is 2.00 bits per heavy atom. The van der Waals surface area contributed by atoms with E-state index >= 15 is 0 Å². The van der Waals surface area contributed by atoms with Crippen molar-refractivity contribution in [1.82, 2.24) is 0 Å². The number of benzene rings is 1. The van der Waals surface area contributed by atoms with Crippen molar-refractivity contribution in [2.45, 2.75) is 20.8 Å². The van der Waals surface area contributed by atoms with E-state index in [9.17, 15) is 0 Å². The largest absolute Gasteiger partial charge is 0.497 e. The summed E-state index contributed by atoms with van der Waals surface area (Å²) in [5, 5.41) is 0. The maximum absolute atomic E-state index is 5.86. The number of hydrogen-bond acceptors (Lipinski definition) is 3. The van der Waals surface area contributed by atoms with Crippen molar-refractivity contribution in [3.05, 3.63) is 22.7 Å². The van der Waals surface area contributed by atoms with Gasteiger partial charge in [0.15, 0.2) is 0 Å². The number of methoxy groups -OCH3 is 1. The fourth-order valence-electron chi connectivity index (χ4n) is 1.49. The zero-order chi connectivity index (χ0) is 13.8. The Labute approximate surface area is 124 Å². The Hall–Kier alpha value is -0.350. The Morgan fingerprint density at radius 3 is 2.44 bits per heavy atom. The van der Waals surface area contributed by atoms with Crippen LogP contribution in [-0.4, -0.2) is 19.5 Å². The van der Waals surface area contributed by atoms with Crippen LogP contribution in [-0.2, 0) is 0 Å². The molecule has 0 amide bonds. The quantitative estimate of drug-likeness (QED) is 0.804. The van der Waals surface area contributed by atoms with E-state index in [0.29, 0.717) is 12.5 Å². The zero-order valence-electron chi connectivity index (χ0n) is 11.4. The normalized spacial score (nSPS) is 13.2. The van der Waals surface area contributed by atoms with Crippen LogP contribution in [0.3, 0.4) is 0 Å². The third-order valence-electron chi connectivity index (χ3n) is 3.02. The molecular formula is C14H21BrO2S. The van der Waals surface area contributed by atoms with Gasteiger partial charge in [-0.3, -0.25) is 0 Å². The summed E-state index contributed by atoms with van der Waals surface area (Å²) < 4.78 is 11.9. The summed E-state index contributed by atoms with van der Waals surface area (Å²) in [5.41, 5.74) is 0.195. The minimum absolute atomic E-state index is 0.195. The van der Waals surface area contributed by atoms with Gasteiger partial charge in [0.1, 0.15) is 11.5 Å². The molecule has 0 saturated heterocycles. The molecule has 1 rings (SSSR count). The molecule has 18 heavy (non-hydrogen) atoms. The highest BCUT2D eigenvalue weighted by Crippen LogP contribution is 2.32. The van der Waals surface area contributed by atoms with Gasteiger partial charge in [-0.05, 0) is 45.3 Å². The second-order valence-corrected chi connectivity index (χ2v) is 6.57. The number of rotatable bonds is 5. The molecule has 1 aromatic carbocycles. The van der Waals surface area contributed by atoms with E-state index < -0.39 is 0 Å². The maximum atomic E-state index is 5.86. The highest BCUT2D eigenvalue weighted by Gasteiger charge is 2.24. The van der Waals surface area contributed by atoms with Gasteiger partial charge in [0.25, 0.3) is 0 Å². The Bertz CT molecular complexity index is 388. The first-order valence-corrected chi connectivity index (χ1v) is 7.38. The fraction of sp³-hybridized carbons (Fsp3) is 0.571. The molecule has 0 saturated carbocycles. The second kappa shape index (κ2) is 6.71. The van der Waals surface area contributed by atoms with Gasteiger partial charge in [0.2, 0.25) is 0 Å². The summed E-state index contributed by atoms with van der Waals surface area (Å²) in [6.45, 7) is 7.29. The maximum Gasteiger partial charge on any atom is 0.133 e. The molecule has 0 aromatic heterocycles. The van der Waals surface area contributed by atoms with Crippen molar-refractivity contribution in [1.29, 1.82) is 0 Å². The summed E-state index contributed by atoms with van der Waals surface area (Å²) >= 11 is 7.89. The minimum atomic E-state index is 0.195. The number of ether oxygens (including phenoxy) is 2. The molecule has 1 aromatic rings. The van der Waals surface area contributed by atoms with Crippen LogP contribution in [0.25, 0.3) is 0 Å². The van der Waals surface area contributed by atoms with Gasteiger partial charge in [-0.1, -0.05) is 20.8 Å². The molecule has 1 unspecified atom stereocenters. The standard InChI is InChI=1S/C14H21BrO2S/c1-14(2,3)10(9-18)8-17-13-6-5-11(16-4)7-12(13)15/h5-7,10,18H,8-9H2,1-4H3. The molecule has 1 atom stereocenters. The lowest BCUT2D eigenvalue weighted by atomic mass is 9.82. The van der Waals surface area contributed by atoms with Crippen molar-refractivity contribution >= 4 is 28.6 Å². The van der Waals surface area contributed by atoms with Crippen LogP contribution in [0.4, 0.5) is 0 Å². The third kappa shape index (κ3) is 4.39. The number of hydrogen-bond donors (Lipinski definition) is 1. The summed E-state index contributed by atoms with van der Waals surface area (Å²) in [6.07, 6.45) is 0. The molecule has 0 aliphatic rings. The third-order valence-corrected chi connectivity index (χ3v) is 4.08. The number of halogens is 1. The van der Waals surface area contributed by atoms with Crippen LogP contribution in [0.2, 0.25) is 0 Å². The Balaban J connectivity index is 2.68. The SMILES string of the molecule is COc1ccc(OCC(CS)C(C)(C)C)c(Br)c1. The molecule has 4 heteroatoms. The summed E-state index contributed by atoms with van der Waals surface area (Å²) in [5.74, 6) is 2.88. The van der Waals surface area contributed by atoms with Crippen molar-refractivity contribution < 1.29 is 9.47 Å². The first-order chi connectivity index (χ1) is 8.38. The molecule has 0 aliphatic heterocycles. The van der Waals surface area contributed by atoms with Gasteiger partial charge in [0, 0.05) is 5.92 Å². The summed E-state index contributed by atoms with van der Waals surface area (Å²) in [6, 6.07) is 5.72. The molecule has 0 bridgehead atoms. The van der Waals surface area contributed by atoms with Gasteiger partial charge in [-0.25, -0.2) is 0 Å². The van der Waals surface area contributed by atoms with E-state index in [4.69, 9.17) is 9.47 Å². The lowest BCUT2D eigenvalue weighted by Crippen LogP contribution is -2.28. The lowest BCUT2D eigenvalue weighted by Gasteiger charge is -2.29. The molecule has 0 radical (unpaired) electrons. The Kier molecular flexibility index (Phi) is 5.86. The number of thiol groups is 1. The predicted octanol–water partition coefficient (Wildman–Crippen LogP) is 4.43. The predicted molar refractivity (Wildman–Crippen MR) is 83.0 cm³/mol. The molecule has 0 spiro atoms. The van der Waals surface area contributed by atoms with Crippen LogP contribution in [0.5, 0.6) is 11.5 Å². The molecule has 102 valence electrons. The van der Waals surface area contributed by atoms with Crippen LogP contribution in [0, 0.1) is 11.3 Å². The molecule has 0 fully saturated rings. The summed E-state index contributed by atoms with van der Waals surface area (Å²) in [4.78, 5) is 0. The summed E-state index contributed by atoms with van der Waals surface area (Å²) in [7, 11) is 1.65. The highest BCUT2D eigenvalue weighted by molar-refractivity contribution is 9.10. The fourth-order valence-corrected chi connectivity index (χ4v) is 2.62. The van der Waals surface area contributed by atoms with Crippen LogP contribution >= 0.6 is 28.6 Å².